The van der Waals surface area contributed by atoms with Crippen molar-refractivity contribution in [3.63, 3.8) is 0 Å². The third-order valence-corrected chi connectivity index (χ3v) is 6.33. The first-order chi connectivity index (χ1) is 18.0. The molecular weight excluding hydrogens is 532 g/mol. The van der Waals surface area contributed by atoms with Crippen molar-refractivity contribution in [2.75, 3.05) is 7.11 Å². The van der Waals surface area contributed by atoms with E-state index in [1.54, 1.807) is 61.7 Å². The Morgan fingerprint density at radius 1 is 0.865 bits per heavy atom. The number of hydrogen-bond acceptors (Lipinski definition) is 5. The minimum atomic E-state index is -0.578. The number of para-hydroxylation sites is 1. The number of benzene rings is 4. The summed E-state index contributed by atoms with van der Waals surface area (Å²) in [7, 11) is 1.56. The molecule has 0 aliphatic heterocycles. The number of carbonyl (C=O) groups excluding carboxylic acids is 2. The van der Waals surface area contributed by atoms with E-state index in [1.165, 1.54) is 6.08 Å². The number of hydrogen-bond donors (Lipinski definition) is 0. The number of furan rings is 1. The van der Waals surface area contributed by atoms with Crippen molar-refractivity contribution < 1.29 is 23.5 Å². The number of esters is 1. The predicted molar refractivity (Wildman–Crippen MR) is 147 cm³/mol. The van der Waals surface area contributed by atoms with Crippen LogP contribution in [0.3, 0.4) is 0 Å². The molecule has 0 unspecified atom stereocenters. The van der Waals surface area contributed by atoms with Crippen molar-refractivity contribution in [2.24, 2.45) is 0 Å². The minimum Gasteiger partial charge on any atom is -0.497 e. The number of allylic oxidation sites excluding steroid dienone is 1. The summed E-state index contributed by atoms with van der Waals surface area (Å²) < 4.78 is 18.2. The molecule has 4 aromatic carbocycles. The Kier molecular flexibility index (Phi) is 7.01. The van der Waals surface area contributed by atoms with Crippen molar-refractivity contribution >= 4 is 44.7 Å². The third-order valence-electron chi connectivity index (χ3n) is 5.80. The van der Waals surface area contributed by atoms with Crippen LogP contribution in [0.15, 0.2) is 112 Å². The van der Waals surface area contributed by atoms with E-state index in [2.05, 4.69) is 15.9 Å². The summed E-state index contributed by atoms with van der Waals surface area (Å²) in [4.78, 5) is 26.2. The van der Waals surface area contributed by atoms with Gasteiger partial charge in [-0.3, -0.25) is 4.79 Å². The Morgan fingerprint density at radius 3 is 2.35 bits per heavy atom. The lowest BCUT2D eigenvalue weighted by molar-refractivity contribution is 0.0736. The van der Waals surface area contributed by atoms with Crippen molar-refractivity contribution in [2.45, 2.75) is 0 Å². The van der Waals surface area contributed by atoms with Gasteiger partial charge in [0, 0.05) is 26.5 Å². The molecule has 37 heavy (non-hydrogen) atoms. The highest BCUT2D eigenvalue weighted by atomic mass is 79.9. The highest BCUT2D eigenvalue weighted by Gasteiger charge is 2.25. The Hall–Kier alpha value is -4.42. The van der Waals surface area contributed by atoms with Gasteiger partial charge in [0.2, 0.25) is 0 Å². The van der Waals surface area contributed by atoms with E-state index >= 15 is 0 Å². The van der Waals surface area contributed by atoms with Crippen LogP contribution in [0, 0.1) is 0 Å². The summed E-state index contributed by atoms with van der Waals surface area (Å²) in [5.41, 5.74) is 2.73. The van der Waals surface area contributed by atoms with Crippen molar-refractivity contribution in [3.05, 3.63) is 124 Å². The lowest BCUT2D eigenvalue weighted by atomic mass is 10.1. The first kappa shape index (κ1) is 24.3. The fourth-order valence-corrected chi connectivity index (χ4v) is 4.20. The van der Waals surface area contributed by atoms with Crippen LogP contribution in [-0.4, -0.2) is 18.9 Å². The molecule has 182 valence electrons. The van der Waals surface area contributed by atoms with Crippen LogP contribution < -0.4 is 9.47 Å². The predicted octanol–water partition coefficient (Wildman–Crippen LogP) is 7.99. The maximum absolute atomic E-state index is 13.6. The normalized spacial score (nSPS) is 11.1. The molecule has 1 heterocycles. The summed E-state index contributed by atoms with van der Waals surface area (Å²) in [5.74, 6) is 0.589. The van der Waals surface area contributed by atoms with Gasteiger partial charge in [-0.2, -0.15) is 0 Å². The van der Waals surface area contributed by atoms with E-state index in [-0.39, 0.29) is 5.78 Å². The molecule has 1 aromatic heterocycles. The van der Waals surface area contributed by atoms with Gasteiger partial charge in [-0.05, 0) is 60.7 Å². The summed E-state index contributed by atoms with van der Waals surface area (Å²) >= 11 is 3.37. The van der Waals surface area contributed by atoms with Gasteiger partial charge in [-0.25, -0.2) is 4.79 Å². The monoisotopic (exact) mass is 552 g/mol. The molecule has 0 aliphatic carbocycles. The molecule has 5 aromatic rings. The first-order valence-corrected chi connectivity index (χ1v) is 12.3. The molecule has 0 spiro atoms. The molecule has 0 N–H and O–H groups in total. The largest absolute Gasteiger partial charge is 0.497 e. The first-order valence-electron chi connectivity index (χ1n) is 11.5. The number of methoxy groups -OCH3 is 1. The Labute approximate surface area is 222 Å². The summed E-state index contributed by atoms with van der Waals surface area (Å²) in [6.45, 7) is 0. The van der Waals surface area contributed by atoms with Crippen LogP contribution in [0.2, 0.25) is 0 Å². The van der Waals surface area contributed by atoms with Gasteiger partial charge in [0.1, 0.15) is 28.4 Å². The van der Waals surface area contributed by atoms with Crippen LogP contribution in [0.4, 0.5) is 0 Å². The molecule has 0 aliphatic rings. The lowest BCUT2D eigenvalue weighted by Crippen LogP contribution is -2.10. The molecule has 5 nitrogen and oxygen atoms in total. The number of fused-ring (bicyclic) bond motifs is 1. The SMILES string of the molecule is COc1ccc2oc(-c3ccccc3)c(C(=O)Oc3ccccc3/C=C/C(=O)c3ccc(Br)cc3)c2c1. The summed E-state index contributed by atoms with van der Waals surface area (Å²) in [6, 6.07) is 28.8. The molecule has 6 heteroatoms. The quantitative estimate of drug-likeness (QED) is 0.0885. The zero-order chi connectivity index (χ0) is 25.8. The van der Waals surface area contributed by atoms with E-state index in [4.69, 9.17) is 13.9 Å². The lowest BCUT2D eigenvalue weighted by Gasteiger charge is -2.08. The van der Waals surface area contributed by atoms with Crippen LogP contribution in [0.25, 0.3) is 28.4 Å². The molecule has 0 atom stereocenters. The zero-order valence-corrected chi connectivity index (χ0v) is 21.4. The van der Waals surface area contributed by atoms with E-state index in [0.29, 0.717) is 44.9 Å². The van der Waals surface area contributed by atoms with Crippen LogP contribution in [0.5, 0.6) is 11.5 Å². The second kappa shape index (κ2) is 10.7. The van der Waals surface area contributed by atoms with Gasteiger partial charge in [-0.15, -0.1) is 0 Å². The van der Waals surface area contributed by atoms with Crippen LogP contribution in [0.1, 0.15) is 26.3 Å². The number of ether oxygens (including phenoxy) is 2. The van der Waals surface area contributed by atoms with Gasteiger partial charge in [-0.1, -0.05) is 64.5 Å². The molecule has 5 rings (SSSR count). The van der Waals surface area contributed by atoms with Gasteiger partial charge in [0.25, 0.3) is 0 Å². The molecule has 0 fully saturated rings. The standard InChI is InChI=1S/C31H21BrO5/c1-35-24-16-18-28-25(19-24)29(30(36-28)22-8-3-2-4-9-22)31(34)37-27-10-6-5-7-21(27)13-17-26(33)20-11-14-23(32)15-12-20/h2-19H,1H3/b17-13+. The van der Waals surface area contributed by atoms with Crippen LogP contribution in [-0.2, 0) is 0 Å². The average Bonchev–Trinajstić information content (AvgIpc) is 3.32. The average molecular weight is 553 g/mol. The van der Waals surface area contributed by atoms with Crippen molar-refractivity contribution in [1.29, 1.82) is 0 Å². The zero-order valence-electron chi connectivity index (χ0n) is 19.8. The molecule has 0 bridgehead atoms. The fraction of sp³-hybridized carbons (Fsp3) is 0.0323. The number of carbonyl (C=O) groups is 2. The van der Waals surface area contributed by atoms with E-state index < -0.39 is 5.97 Å². The maximum atomic E-state index is 13.6. The molecule has 0 saturated heterocycles. The van der Waals surface area contributed by atoms with Gasteiger partial charge >= 0.3 is 5.97 Å². The minimum absolute atomic E-state index is 0.159. The number of rotatable bonds is 7. The van der Waals surface area contributed by atoms with Crippen LogP contribution >= 0.6 is 15.9 Å². The van der Waals surface area contributed by atoms with Crippen molar-refractivity contribution in [3.8, 4) is 22.8 Å². The summed E-state index contributed by atoms with van der Waals surface area (Å²) in [5, 5.41) is 0.585. The summed E-state index contributed by atoms with van der Waals surface area (Å²) in [6.07, 6.45) is 3.10. The second-order valence-corrected chi connectivity index (χ2v) is 9.08. The maximum Gasteiger partial charge on any atom is 0.348 e. The Bertz CT molecular complexity index is 1620. The van der Waals surface area contributed by atoms with E-state index in [0.717, 1.165) is 10.0 Å². The van der Waals surface area contributed by atoms with Crippen molar-refractivity contribution in [1.82, 2.24) is 0 Å². The second-order valence-electron chi connectivity index (χ2n) is 8.17. The highest BCUT2D eigenvalue weighted by molar-refractivity contribution is 9.10. The number of halogens is 1. The Morgan fingerprint density at radius 2 is 1.59 bits per heavy atom. The smallest absolute Gasteiger partial charge is 0.348 e. The van der Waals surface area contributed by atoms with E-state index in [1.807, 2.05) is 48.5 Å². The molecule has 0 saturated carbocycles. The topological polar surface area (TPSA) is 65.7 Å². The fourth-order valence-electron chi connectivity index (χ4n) is 3.94. The molecule has 0 radical (unpaired) electrons. The molecule has 0 amide bonds. The third kappa shape index (κ3) is 5.25. The number of ketones is 1. The molecular formula is C31H21BrO5. The highest BCUT2D eigenvalue weighted by Crippen LogP contribution is 2.36. The van der Waals surface area contributed by atoms with Gasteiger partial charge in [0.15, 0.2) is 5.78 Å². The van der Waals surface area contributed by atoms with E-state index in [9.17, 15) is 9.59 Å². The Balaban J connectivity index is 1.50. The van der Waals surface area contributed by atoms with Gasteiger partial charge < -0.3 is 13.9 Å². The van der Waals surface area contributed by atoms with Gasteiger partial charge in [0.05, 0.1) is 7.11 Å².